The molecule has 4 N–H and O–H groups in total. The molecule has 0 saturated heterocycles. The second-order valence-corrected chi connectivity index (χ2v) is 6.39. The Morgan fingerprint density at radius 3 is 2.29 bits per heavy atom. The first-order valence-corrected chi connectivity index (χ1v) is 8.33. The minimum atomic E-state index is -3.72. The lowest BCUT2D eigenvalue weighted by Gasteiger charge is -2.07. The average molecular weight is 367 g/mol. The monoisotopic (exact) mass is 366 g/mol. The highest BCUT2D eigenvalue weighted by Gasteiger charge is 2.08. The standard InChI is InChI=1S/C15H14N4O3S.ClH/c16-23(21,22)17-9-10-5-7-11(8-6-10)14-12-3-1-2-4-13(12)15(20)19-18-14;/h1-8,17H,9H2,(H,19,20)(H2,16,21,22);1H. The summed E-state index contributed by atoms with van der Waals surface area (Å²) in [5.74, 6) is 0. The van der Waals surface area contributed by atoms with E-state index in [0.717, 1.165) is 16.5 Å². The number of nitrogens with one attached hydrogen (secondary N) is 2. The van der Waals surface area contributed by atoms with E-state index in [2.05, 4.69) is 14.9 Å². The van der Waals surface area contributed by atoms with E-state index in [0.29, 0.717) is 11.1 Å². The molecule has 0 radical (unpaired) electrons. The number of rotatable bonds is 4. The van der Waals surface area contributed by atoms with Crippen molar-refractivity contribution in [1.82, 2.24) is 14.9 Å². The van der Waals surface area contributed by atoms with Gasteiger partial charge in [0.1, 0.15) is 0 Å². The van der Waals surface area contributed by atoms with E-state index in [1.165, 1.54) is 0 Å². The summed E-state index contributed by atoms with van der Waals surface area (Å²) in [6.45, 7) is 0.110. The summed E-state index contributed by atoms with van der Waals surface area (Å²) in [5, 5.41) is 12.8. The van der Waals surface area contributed by atoms with Gasteiger partial charge in [-0.25, -0.2) is 10.2 Å². The molecule has 126 valence electrons. The number of hydrogen-bond donors (Lipinski definition) is 3. The third-order valence-electron chi connectivity index (χ3n) is 3.40. The summed E-state index contributed by atoms with van der Waals surface area (Å²) in [4.78, 5) is 11.8. The second kappa shape index (κ2) is 7.10. The van der Waals surface area contributed by atoms with Crippen LogP contribution < -0.4 is 15.4 Å². The molecular formula is C15H15ClN4O3S. The molecule has 1 aromatic heterocycles. The highest BCUT2D eigenvalue weighted by Crippen LogP contribution is 2.24. The van der Waals surface area contributed by atoms with Crippen LogP contribution in [0.25, 0.3) is 22.0 Å². The highest BCUT2D eigenvalue weighted by molar-refractivity contribution is 7.87. The van der Waals surface area contributed by atoms with Gasteiger partial charge in [-0.1, -0.05) is 42.5 Å². The minimum absolute atomic E-state index is 0. The molecule has 3 rings (SSSR count). The Labute approximate surface area is 144 Å². The lowest BCUT2D eigenvalue weighted by atomic mass is 10.0. The molecule has 0 aliphatic heterocycles. The van der Waals surface area contributed by atoms with Gasteiger partial charge in [0.05, 0.1) is 11.1 Å². The van der Waals surface area contributed by atoms with E-state index in [4.69, 9.17) is 5.14 Å². The van der Waals surface area contributed by atoms with Crippen LogP contribution in [0.5, 0.6) is 0 Å². The van der Waals surface area contributed by atoms with Crippen LogP contribution >= 0.6 is 12.4 Å². The highest BCUT2D eigenvalue weighted by atomic mass is 35.5. The van der Waals surface area contributed by atoms with E-state index in [9.17, 15) is 13.2 Å². The van der Waals surface area contributed by atoms with Crippen LogP contribution in [0.2, 0.25) is 0 Å². The molecule has 0 aliphatic carbocycles. The van der Waals surface area contributed by atoms with Crippen LogP contribution in [0.3, 0.4) is 0 Å². The van der Waals surface area contributed by atoms with Crippen molar-refractivity contribution in [3.05, 3.63) is 64.4 Å². The Morgan fingerprint density at radius 1 is 1.04 bits per heavy atom. The quantitative estimate of drug-likeness (QED) is 0.645. The molecule has 1 heterocycles. The Morgan fingerprint density at radius 2 is 1.67 bits per heavy atom. The van der Waals surface area contributed by atoms with Crippen molar-refractivity contribution in [2.75, 3.05) is 0 Å². The second-order valence-electron chi connectivity index (χ2n) is 5.01. The molecule has 0 aliphatic rings. The summed E-state index contributed by atoms with van der Waals surface area (Å²) in [7, 11) is -3.72. The molecular weight excluding hydrogens is 352 g/mol. The predicted octanol–water partition coefficient (Wildman–Crippen LogP) is 1.30. The maximum Gasteiger partial charge on any atom is 0.274 e. The molecule has 0 saturated carbocycles. The number of nitrogens with two attached hydrogens (primary N) is 1. The molecule has 0 spiro atoms. The van der Waals surface area contributed by atoms with Gasteiger partial charge in [0.25, 0.3) is 15.8 Å². The third kappa shape index (κ3) is 3.98. The zero-order valence-electron chi connectivity index (χ0n) is 12.4. The van der Waals surface area contributed by atoms with Gasteiger partial charge in [-0.15, -0.1) is 12.4 Å². The van der Waals surface area contributed by atoms with Gasteiger partial charge in [0.2, 0.25) is 0 Å². The molecule has 0 fully saturated rings. The molecule has 0 unspecified atom stereocenters. The van der Waals surface area contributed by atoms with Crippen LogP contribution in [0, 0.1) is 0 Å². The van der Waals surface area contributed by atoms with Crippen molar-refractivity contribution in [2.45, 2.75) is 6.54 Å². The first-order chi connectivity index (χ1) is 10.9. The maximum absolute atomic E-state index is 11.8. The molecule has 24 heavy (non-hydrogen) atoms. The van der Waals surface area contributed by atoms with Crippen LogP contribution in [-0.4, -0.2) is 18.6 Å². The maximum atomic E-state index is 11.8. The zero-order chi connectivity index (χ0) is 16.4. The van der Waals surface area contributed by atoms with E-state index in [1.54, 1.807) is 24.3 Å². The summed E-state index contributed by atoms with van der Waals surface area (Å²) >= 11 is 0. The molecule has 2 aromatic carbocycles. The van der Waals surface area contributed by atoms with E-state index >= 15 is 0 Å². The first-order valence-electron chi connectivity index (χ1n) is 6.78. The topological polar surface area (TPSA) is 118 Å². The lowest BCUT2D eigenvalue weighted by Crippen LogP contribution is -2.30. The van der Waals surface area contributed by atoms with Crippen molar-refractivity contribution in [1.29, 1.82) is 0 Å². The van der Waals surface area contributed by atoms with Crippen LogP contribution in [-0.2, 0) is 16.8 Å². The number of nitrogens with zero attached hydrogens (tertiary/aromatic N) is 1. The van der Waals surface area contributed by atoms with Crippen molar-refractivity contribution < 1.29 is 8.42 Å². The SMILES string of the molecule is Cl.NS(=O)(=O)NCc1ccc(-c2n[nH]c(=O)c3ccccc23)cc1. The van der Waals surface area contributed by atoms with Crippen LogP contribution in [0.1, 0.15) is 5.56 Å². The fraction of sp³-hybridized carbons (Fsp3) is 0.0667. The summed E-state index contributed by atoms with van der Waals surface area (Å²) < 4.78 is 24.0. The molecule has 0 amide bonds. The largest absolute Gasteiger partial charge is 0.274 e. The summed E-state index contributed by atoms with van der Waals surface area (Å²) in [6, 6.07) is 14.4. The number of aromatic nitrogens is 2. The molecule has 0 bridgehead atoms. The number of aromatic amines is 1. The number of H-pyrrole nitrogens is 1. The fourth-order valence-electron chi connectivity index (χ4n) is 2.30. The van der Waals surface area contributed by atoms with Gasteiger partial charge < -0.3 is 0 Å². The number of halogens is 1. The normalized spacial score (nSPS) is 11.2. The third-order valence-corrected chi connectivity index (χ3v) is 3.95. The van der Waals surface area contributed by atoms with E-state index in [1.807, 2.05) is 24.3 Å². The predicted molar refractivity (Wildman–Crippen MR) is 95.0 cm³/mol. The molecule has 3 aromatic rings. The van der Waals surface area contributed by atoms with E-state index < -0.39 is 10.2 Å². The molecule has 7 nitrogen and oxygen atoms in total. The number of benzene rings is 2. The molecule has 9 heteroatoms. The van der Waals surface area contributed by atoms with Gasteiger partial charge in [0.15, 0.2) is 0 Å². The number of hydrogen-bond acceptors (Lipinski definition) is 4. The Hall–Kier alpha value is -2.26. The van der Waals surface area contributed by atoms with Crippen molar-refractivity contribution in [3.8, 4) is 11.3 Å². The number of fused-ring (bicyclic) bond motifs is 1. The van der Waals surface area contributed by atoms with Gasteiger partial charge in [-0.05, 0) is 11.6 Å². The van der Waals surface area contributed by atoms with Gasteiger partial charge in [-0.3, -0.25) is 4.79 Å². The summed E-state index contributed by atoms with van der Waals surface area (Å²) in [5.41, 5.74) is 2.00. The van der Waals surface area contributed by atoms with Gasteiger partial charge in [0, 0.05) is 17.5 Å². The Balaban J connectivity index is 0.00000208. The Bertz CT molecular complexity index is 1020. The Kier molecular flexibility index (Phi) is 5.35. The first kappa shape index (κ1) is 18.1. The van der Waals surface area contributed by atoms with Crippen molar-refractivity contribution in [3.63, 3.8) is 0 Å². The minimum Gasteiger partial charge on any atom is -0.267 e. The van der Waals surface area contributed by atoms with Crippen molar-refractivity contribution in [2.24, 2.45) is 5.14 Å². The molecule has 0 atom stereocenters. The average Bonchev–Trinajstić information content (AvgIpc) is 2.54. The summed E-state index contributed by atoms with van der Waals surface area (Å²) in [6.07, 6.45) is 0. The van der Waals surface area contributed by atoms with Crippen LogP contribution in [0.15, 0.2) is 53.3 Å². The van der Waals surface area contributed by atoms with Crippen LogP contribution in [0.4, 0.5) is 0 Å². The smallest absolute Gasteiger partial charge is 0.267 e. The lowest BCUT2D eigenvalue weighted by molar-refractivity contribution is 0.583. The van der Waals surface area contributed by atoms with E-state index in [-0.39, 0.29) is 24.5 Å². The van der Waals surface area contributed by atoms with Crippen molar-refractivity contribution >= 4 is 33.4 Å². The fourth-order valence-corrected chi connectivity index (χ4v) is 2.67. The van der Waals surface area contributed by atoms with Gasteiger partial charge >= 0.3 is 0 Å². The zero-order valence-corrected chi connectivity index (χ0v) is 14.0. The van der Waals surface area contributed by atoms with Gasteiger partial charge in [-0.2, -0.15) is 18.2 Å².